The number of hydrogen-bond donors (Lipinski definition) is 8. The first-order valence-corrected chi connectivity index (χ1v) is 15.9. The molecule has 2 unspecified atom stereocenters. The minimum absolute atomic E-state index is 0.0712. The van der Waals surface area contributed by atoms with E-state index in [1.54, 1.807) is 13.0 Å². The van der Waals surface area contributed by atoms with Gasteiger partial charge < -0.3 is 36.3 Å². The van der Waals surface area contributed by atoms with Gasteiger partial charge in [-0.3, -0.25) is 19.2 Å². The first-order valence-electron chi connectivity index (χ1n) is 15.4. The molecule has 2 fully saturated rings. The number of hydrogen-bond acceptors (Lipinski definition) is 7. The third-order valence-corrected chi connectivity index (χ3v) is 9.75. The van der Waals surface area contributed by atoms with Crippen molar-refractivity contribution in [1.82, 2.24) is 20.9 Å². The summed E-state index contributed by atoms with van der Waals surface area (Å²) in [4.78, 5) is 51.6. The number of aliphatic hydroxyl groups excluding tert-OH is 1. The van der Waals surface area contributed by atoms with E-state index in [2.05, 4.69) is 33.6 Å². The minimum Gasteiger partial charge on any atom is -0.481 e. The van der Waals surface area contributed by atoms with Gasteiger partial charge in [-0.1, -0.05) is 19.9 Å². The van der Waals surface area contributed by atoms with Gasteiger partial charge in [0.1, 0.15) is 0 Å². The molecule has 6 atom stereocenters. The number of thiol groups is 1. The van der Waals surface area contributed by atoms with Crippen LogP contribution >= 0.6 is 12.6 Å². The van der Waals surface area contributed by atoms with Crippen molar-refractivity contribution in [3.05, 3.63) is 56.7 Å². The van der Waals surface area contributed by atoms with Crippen LogP contribution in [0, 0.1) is 24.7 Å². The molecule has 12 heteroatoms. The highest BCUT2D eigenvalue weighted by molar-refractivity contribution is 7.80. The van der Waals surface area contributed by atoms with Crippen LogP contribution in [0.15, 0.2) is 34.2 Å². The van der Waals surface area contributed by atoms with Gasteiger partial charge in [-0.05, 0) is 74.5 Å². The van der Waals surface area contributed by atoms with Crippen molar-refractivity contribution < 1.29 is 34.5 Å². The van der Waals surface area contributed by atoms with Gasteiger partial charge in [0.15, 0.2) is 0 Å². The summed E-state index contributed by atoms with van der Waals surface area (Å²) in [5.74, 6) is -2.82. The third kappa shape index (κ3) is 7.22. The molecule has 244 valence electrons. The molecule has 7 N–H and O–H groups in total. The number of amides is 2. The number of carboxylic acid groups (broad SMARTS) is 2. The molecule has 1 aromatic rings. The molecule has 45 heavy (non-hydrogen) atoms. The molecule has 3 aliphatic rings. The Balaban J connectivity index is 1.74. The van der Waals surface area contributed by atoms with Crippen LogP contribution in [0.5, 0.6) is 0 Å². The Hall–Kier alpha value is -3.77. The lowest BCUT2D eigenvalue weighted by molar-refractivity contribution is -0.138. The number of aromatic amines is 1. The number of carbonyl (C=O) groups excluding carboxylic acids is 2. The largest absolute Gasteiger partial charge is 0.481 e. The lowest BCUT2D eigenvalue weighted by Crippen LogP contribution is -2.37. The first-order chi connectivity index (χ1) is 21.3. The summed E-state index contributed by atoms with van der Waals surface area (Å²) in [6.07, 6.45) is 6.40. The highest BCUT2D eigenvalue weighted by atomic mass is 32.1. The van der Waals surface area contributed by atoms with E-state index in [1.807, 2.05) is 39.8 Å². The zero-order valence-corrected chi connectivity index (χ0v) is 27.3. The van der Waals surface area contributed by atoms with Crippen molar-refractivity contribution in [3.8, 4) is 0 Å². The van der Waals surface area contributed by atoms with E-state index in [4.69, 9.17) is 0 Å². The molecule has 1 aromatic heterocycles. The summed E-state index contributed by atoms with van der Waals surface area (Å²) in [5.41, 5.74) is 6.92. The fraction of sp³-hybridized carbons (Fsp3) is 0.515. The standard InChI is InChI=1S/C33H44N4O7S/c1-6-19-22(14-38)27(36-33(19)44)11-23-15(2)20(7-9-29(39)40)25(34-23)13-26-21(8-10-30(41)42)16(3)24(35-26)12-28-31(18(5)45)17(4)32(43)37-28/h6,12-13,17-18,22-23,27,31,34-35,38,45H,7-11,14H2,1-5H3,(H,36,44)(H,37,43)(H,39,40)(H,41,42)/b19-6-,25-13-,28-12-/t17-,18+,22?,23?,27-,31+/m1/s1. The van der Waals surface area contributed by atoms with E-state index in [1.165, 1.54) is 0 Å². The minimum atomic E-state index is -0.926. The number of allylic oxidation sites excluding steroid dienone is 3. The quantitative estimate of drug-likeness (QED) is 0.127. The van der Waals surface area contributed by atoms with Crippen LogP contribution in [-0.2, 0) is 25.6 Å². The second-order valence-electron chi connectivity index (χ2n) is 12.3. The molecule has 2 amide bonds. The predicted octanol–water partition coefficient (Wildman–Crippen LogP) is 3.32. The van der Waals surface area contributed by atoms with Crippen molar-refractivity contribution in [2.75, 3.05) is 6.61 Å². The summed E-state index contributed by atoms with van der Waals surface area (Å²) in [7, 11) is 0. The topological polar surface area (TPSA) is 181 Å². The lowest BCUT2D eigenvalue weighted by Gasteiger charge is -2.22. The monoisotopic (exact) mass is 640 g/mol. The molecule has 0 bridgehead atoms. The maximum absolute atomic E-state index is 12.5. The molecule has 0 spiro atoms. The number of carbonyl (C=O) groups is 4. The number of aliphatic carboxylic acids is 2. The molecule has 4 rings (SSSR count). The average Bonchev–Trinajstić information content (AvgIpc) is 3.63. The Morgan fingerprint density at radius 3 is 2.29 bits per heavy atom. The second-order valence-corrected chi connectivity index (χ2v) is 13.1. The third-order valence-electron chi connectivity index (χ3n) is 9.43. The van der Waals surface area contributed by atoms with Crippen molar-refractivity contribution in [1.29, 1.82) is 0 Å². The number of carboxylic acids is 2. The number of H-pyrrole nitrogens is 1. The molecule has 11 nitrogen and oxygen atoms in total. The number of rotatable bonds is 12. The molecule has 3 aliphatic heterocycles. The van der Waals surface area contributed by atoms with Crippen molar-refractivity contribution in [3.63, 3.8) is 0 Å². The average molecular weight is 641 g/mol. The Morgan fingerprint density at radius 1 is 1.02 bits per heavy atom. The molecule has 4 heterocycles. The normalized spacial score (nSPS) is 28.2. The van der Waals surface area contributed by atoms with Gasteiger partial charge in [-0.25, -0.2) is 0 Å². The van der Waals surface area contributed by atoms with Crippen LogP contribution in [0.4, 0.5) is 0 Å². The van der Waals surface area contributed by atoms with Crippen molar-refractivity contribution >= 4 is 48.5 Å². The number of aliphatic hydroxyl groups is 1. The van der Waals surface area contributed by atoms with Gasteiger partial charge in [0.05, 0.1) is 6.61 Å². The predicted molar refractivity (Wildman–Crippen MR) is 174 cm³/mol. The van der Waals surface area contributed by atoms with Crippen LogP contribution in [0.3, 0.4) is 0 Å². The summed E-state index contributed by atoms with van der Waals surface area (Å²) >= 11 is 4.62. The zero-order chi connectivity index (χ0) is 33.2. The zero-order valence-electron chi connectivity index (χ0n) is 26.4. The molecule has 0 radical (unpaired) electrons. The van der Waals surface area contributed by atoms with E-state index in [-0.39, 0.29) is 79.2 Å². The number of aromatic nitrogens is 1. The van der Waals surface area contributed by atoms with Crippen LogP contribution in [0.25, 0.3) is 12.2 Å². The van der Waals surface area contributed by atoms with Crippen LogP contribution < -0.4 is 16.0 Å². The van der Waals surface area contributed by atoms with Crippen LogP contribution in [0.2, 0.25) is 0 Å². The Labute approximate surface area is 268 Å². The molecular weight excluding hydrogens is 596 g/mol. The molecular formula is C33H44N4O7S. The van der Waals surface area contributed by atoms with E-state index in [9.17, 15) is 34.5 Å². The van der Waals surface area contributed by atoms with E-state index >= 15 is 0 Å². The van der Waals surface area contributed by atoms with Gasteiger partial charge in [0.25, 0.3) is 0 Å². The van der Waals surface area contributed by atoms with E-state index in [0.29, 0.717) is 17.7 Å². The highest BCUT2D eigenvalue weighted by Crippen LogP contribution is 2.37. The van der Waals surface area contributed by atoms with Crippen molar-refractivity contribution in [2.45, 2.75) is 84.1 Å². The van der Waals surface area contributed by atoms with E-state index < -0.39 is 11.9 Å². The summed E-state index contributed by atoms with van der Waals surface area (Å²) in [6.45, 7) is 9.28. The first kappa shape index (κ1) is 34.1. The van der Waals surface area contributed by atoms with Gasteiger partial charge in [0.2, 0.25) is 11.8 Å². The Bertz CT molecular complexity index is 1500. The fourth-order valence-corrected chi connectivity index (χ4v) is 7.32. The fourth-order valence-electron chi connectivity index (χ4n) is 6.90. The maximum Gasteiger partial charge on any atom is 0.303 e. The van der Waals surface area contributed by atoms with Crippen LogP contribution in [0.1, 0.15) is 75.9 Å². The van der Waals surface area contributed by atoms with Gasteiger partial charge in [-0.2, -0.15) is 12.6 Å². The van der Waals surface area contributed by atoms with Gasteiger partial charge >= 0.3 is 11.9 Å². The Morgan fingerprint density at radius 2 is 1.69 bits per heavy atom. The summed E-state index contributed by atoms with van der Waals surface area (Å²) < 4.78 is 0. The Kier molecular flexibility index (Phi) is 10.7. The highest BCUT2D eigenvalue weighted by Gasteiger charge is 2.40. The molecule has 2 saturated heterocycles. The van der Waals surface area contributed by atoms with Gasteiger partial charge in [0, 0.05) is 76.3 Å². The van der Waals surface area contributed by atoms with E-state index in [0.717, 1.165) is 39.4 Å². The van der Waals surface area contributed by atoms with Crippen molar-refractivity contribution in [2.24, 2.45) is 17.8 Å². The van der Waals surface area contributed by atoms with Gasteiger partial charge in [-0.15, -0.1) is 0 Å². The second kappa shape index (κ2) is 14.1. The summed E-state index contributed by atoms with van der Waals surface area (Å²) in [6, 6.07) is -0.520. The smallest absolute Gasteiger partial charge is 0.303 e. The molecule has 0 aliphatic carbocycles. The lowest BCUT2D eigenvalue weighted by atomic mass is 9.90. The SMILES string of the molecule is C/C=C1\C(=O)N[C@H](CC2N/C(=C\c3[nH]c(/C=C4\NC(=O)[C@H](C)[C@H]4[C@H](C)S)c(C)c3CCC(=O)O)C(CCC(=O)O)=C2C)C1CO. The molecule has 0 saturated carbocycles. The number of nitrogens with one attached hydrogen (secondary N) is 4. The van der Waals surface area contributed by atoms with Crippen LogP contribution in [-0.4, -0.2) is 68.0 Å². The molecule has 0 aromatic carbocycles. The summed E-state index contributed by atoms with van der Waals surface area (Å²) in [5, 5.41) is 38.4. The maximum atomic E-state index is 12.5.